The van der Waals surface area contributed by atoms with E-state index in [9.17, 15) is 9.59 Å². The molecule has 0 radical (unpaired) electrons. The smallest absolute Gasteiger partial charge is 0.267 e. The van der Waals surface area contributed by atoms with E-state index in [0.717, 1.165) is 4.68 Å². The van der Waals surface area contributed by atoms with Gasteiger partial charge in [0.25, 0.3) is 11.1 Å². The molecule has 1 heterocycles. The average molecular weight is 204 g/mol. The molecule has 15 heavy (non-hydrogen) atoms. The van der Waals surface area contributed by atoms with Gasteiger partial charge in [0.2, 0.25) is 0 Å². The second kappa shape index (κ2) is 4.41. The number of hydrogen-bond donors (Lipinski definition) is 1. The fourth-order valence-corrected chi connectivity index (χ4v) is 1.24. The molecule has 0 atom stereocenters. The van der Waals surface area contributed by atoms with E-state index in [2.05, 4.69) is 18.3 Å². The molecule has 0 aromatic carbocycles. The maximum atomic E-state index is 11.7. The predicted molar refractivity (Wildman–Crippen MR) is 60.9 cm³/mol. The molecule has 0 aliphatic carbocycles. The Labute approximate surface area is 86.2 Å². The van der Waals surface area contributed by atoms with Gasteiger partial charge < -0.3 is 0 Å². The third kappa shape index (κ3) is 2.04. The molecular formula is C11H12N2O2. The lowest BCUT2D eigenvalue weighted by molar-refractivity contribution is 0.680. The first kappa shape index (κ1) is 11.0. The summed E-state index contributed by atoms with van der Waals surface area (Å²) in [4.78, 5) is 23.2. The van der Waals surface area contributed by atoms with Crippen LogP contribution in [0.1, 0.15) is 0 Å². The normalized spacial score (nSPS) is 12.9. The Morgan fingerprint density at radius 2 is 1.67 bits per heavy atom. The zero-order chi connectivity index (χ0) is 11.4. The van der Waals surface area contributed by atoms with E-state index in [1.54, 1.807) is 0 Å². The lowest BCUT2D eigenvalue weighted by Gasteiger charge is -1.96. The summed E-state index contributed by atoms with van der Waals surface area (Å²) in [5, 5.41) is 3.02. The predicted octanol–water partition coefficient (Wildman–Crippen LogP) is -0.993. The number of rotatable bonds is 2. The van der Waals surface area contributed by atoms with Crippen molar-refractivity contribution in [1.82, 2.24) is 9.78 Å². The van der Waals surface area contributed by atoms with Gasteiger partial charge in [-0.05, 0) is 12.2 Å². The van der Waals surface area contributed by atoms with E-state index in [1.807, 2.05) is 0 Å². The molecule has 0 unspecified atom stereocenters. The van der Waals surface area contributed by atoms with Crippen LogP contribution in [0.5, 0.6) is 0 Å². The largest absolute Gasteiger partial charge is 0.272 e. The van der Waals surface area contributed by atoms with Gasteiger partial charge in [0, 0.05) is 7.05 Å². The summed E-state index contributed by atoms with van der Waals surface area (Å²) in [5.74, 6) is 0. The fraction of sp³-hybridized carbons (Fsp3) is 0.0909. The quantitative estimate of drug-likeness (QED) is 0.672. The molecule has 78 valence electrons. The number of aromatic nitrogens is 2. The van der Waals surface area contributed by atoms with Crippen molar-refractivity contribution in [3.8, 4) is 0 Å². The van der Waals surface area contributed by atoms with E-state index in [1.165, 1.54) is 31.4 Å². The molecule has 4 nitrogen and oxygen atoms in total. The molecule has 0 aliphatic heterocycles. The molecule has 0 saturated carbocycles. The topological polar surface area (TPSA) is 54.9 Å². The van der Waals surface area contributed by atoms with Gasteiger partial charge in [-0.2, -0.15) is 0 Å². The Morgan fingerprint density at radius 1 is 1.13 bits per heavy atom. The molecule has 0 bridgehead atoms. The van der Waals surface area contributed by atoms with Crippen molar-refractivity contribution in [3.63, 3.8) is 0 Å². The summed E-state index contributed by atoms with van der Waals surface area (Å²) in [6.07, 6.45) is 5.93. The highest BCUT2D eigenvalue weighted by molar-refractivity contribution is 5.40. The third-order valence-corrected chi connectivity index (χ3v) is 1.91. The molecule has 4 heteroatoms. The Bertz CT molecular complexity index is 617. The highest BCUT2D eigenvalue weighted by Crippen LogP contribution is 1.63. The van der Waals surface area contributed by atoms with E-state index in [4.69, 9.17) is 0 Å². The molecule has 1 rings (SSSR count). The minimum absolute atomic E-state index is 0.275. The van der Waals surface area contributed by atoms with E-state index < -0.39 is 0 Å². The minimum Gasteiger partial charge on any atom is -0.267 e. The zero-order valence-electron chi connectivity index (χ0n) is 8.49. The first-order valence-electron chi connectivity index (χ1n) is 4.36. The Balaban J connectivity index is 4.06. The SMILES string of the molecule is C=C/C=c1/c(=O)[nH]n(C)c(=O)/c1=C/C=C. The maximum absolute atomic E-state index is 11.7. The van der Waals surface area contributed by atoms with Crippen molar-refractivity contribution < 1.29 is 0 Å². The zero-order valence-corrected chi connectivity index (χ0v) is 8.49. The van der Waals surface area contributed by atoms with Gasteiger partial charge in [-0.3, -0.25) is 19.4 Å². The number of nitrogens with zero attached hydrogens (tertiary/aromatic N) is 1. The summed E-state index contributed by atoms with van der Waals surface area (Å²) in [5.41, 5.74) is -0.604. The Kier molecular flexibility index (Phi) is 3.23. The lowest BCUT2D eigenvalue weighted by Crippen LogP contribution is -2.53. The number of H-pyrrole nitrogens is 1. The van der Waals surface area contributed by atoms with E-state index in [-0.39, 0.29) is 11.1 Å². The van der Waals surface area contributed by atoms with Gasteiger partial charge in [-0.1, -0.05) is 25.3 Å². The number of aryl methyl sites for hydroxylation is 1. The van der Waals surface area contributed by atoms with Gasteiger partial charge in [0.15, 0.2) is 0 Å². The second-order valence-corrected chi connectivity index (χ2v) is 2.94. The van der Waals surface area contributed by atoms with Crippen LogP contribution in [0.4, 0.5) is 0 Å². The number of aromatic amines is 1. The lowest BCUT2D eigenvalue weighted by atomic mass is 10.3. The van der Waals surface area contributed by atoms with Crippen molar-refractivity contribution in [2.75, 3.05) is 0 Å². The summed E-state index contributed by atoms with van der Waals surface area (Å²) in [6.45, 7) is 7.00. The van der Waals surface area contributed by atoms with Crippen LogP contribution in [-0.4, -0.2) is 9.78 Å². The highest BCUT2D eigenvalue weighted by Gasteiger charge is 1.98. The maximum Gasteiger partial charge on any atom is 0.272 e. The van der Waals surface area contributed by atoms with Gasteiger partial charge >= 0.3 is 0 Å². The summed E-state index contributed by atoms with van der Waals surface area (Å²) < 4.78 is 1.14. The molecule has 1 aromatic heterocycles. The van der Waals surface area contributed by atoms with Crippen LogP contribution in [-0.2, 0) is 7.05 Å². The summed E-state index contributed by atoms with van der Waals surface area (Å²) in [7, 11) is 1.49. The standard InChI is InChI=1S/C11H12N2O2/c1-4-6-8-9(7-5-2)11(15)13(3)12-10(8)14/h4-7H,1-2H2,3H3,(H,12,14)/b8-6+,9-7+. The van der Waals surface area contributed by atoms with Crippen LogP contribution in [0, 0.1) is 0 Å². The van der Waals surface area contributed by atoms with Crippen LogP contribution in [0.3, 0.4) is 0 Å². The second-order valence-electron chi connectivity index (χ2n) is 2.94. The van der Waals surface area contributed by atoms with Crippen molar-refractivity contribution in [2.45, 2.75) is 0 Å². The molecule has 1 N–H and O–H groups in total. The monoisotopic (exact) mass is 204 g/mol. The Morgan fingerprint density at radius 3 is 2.20 bits per heavy atom. The molecule has 1 aromatic rings. The van der Waals surface area contributed by atoms with Crippen LogP contribution in [0.2, 0.25) is 0 Å². The molecule has 0 amide bonds. The third-order valence-electron chi connectivity index (χ3n) is 1.91. The fourth-order valence-electron chi connectivity index (χ4n) is 1.24. The van der Waals surface area contributed by atoms with Crippen molar-refractivity contribution in [3.05, 3.63) is 56.5 Å². The molecular weight excluding hydrogens is 192 g/mol. The van der Waals surface area contributed by atoms with Crippen molar-refractivity contribution >= 4 is 12.2 Å². The molecule has 0 aliphatic rings. The number of hydrogen-bond acceptors (Lipinski definition) is 2. The van der Waals surface area contributed by atoms with Gasteiger partial charge in [0.05, 0.1) is 10.4 Å². The van der Waals surface area contributed by atoms with Crippen LogP contribution >= 0.6 is 0 Å². The average Bonchev–Trinajstić information content (AvgIpc) is 2.20. The molecule has 0 fully saturated rings. The van der Waals surface area contributed by atoms with E-state index >= 15 is 0 Å². The van der Waals surface area contributed by atoms with E-state index in [0.29, 0.717) is 10.4 Å². The first-order valence-corrected chi connectivity index (χ1v) is 4.36. The summed E-state index contributed by atoms with van der Waals surface area (Å²) in [6, 6.07) is 0. The van der Waals surface area contributed by atoms with Crippen LogP contribution in [0.15, 0.2) is 34.9 Å². The first-order chi connectivity index (χ1) is 7.11. The van der Waals surface area contributed by atoms with Crippen molar-refractivity contribution in [1.29, 1.82) is 0 Å². The van der Waals surface area contributed by atoms with Gasteiger partial charge in [0.1, 0.15) is 0 Å². The van der Waals surface area contributed by atoms with Gasteiger partial charge in [-0.25, -0.2) is 0 Å². The van der Waals surface area contributed by atoms with Crippen molar-refractivity contribution in [2.24, 2.45) is 7.05 Å². The highest BCUT2D eigenvalue weighted by atomic mass is 16.1. The summed E-state index contributed by atoms with van der Waals surface area (Å²) >= 11 is 0. The minimum atomic E-state index is -0.329. The van der Waals surface area contributed by atoms with Crippen LogP contribution in [0.25, 0.3) is 12.2 Å². The molecule has 0 spiro atoms. The number of nitrogens with one attached hydrogen (secondary N) is 1. The number of allylic oxidation sites excluding steroid dienone is 2. The van der Waals surface area contributed by atoms with Crippen LogP contribution < -0.4 is 21.6 Å². The molecule has 0 saturated heterocycles. The Hall–Kier alpha value is -2.10. The van der Waals surface area contributed by atoms with Gasteiger partial charge in [-0.15, -0.1) is 0 Å².